The highest BCUT2D eigenvalue weighted by Crippen LogP contribution is 2.49. The van der Waals surface area contributed by atoms with E-state index in [1.807, 2.05) is 0 Å². The summed E-state index contributed by atoms with van der Waals surface area (Å²) in [5, 5.41) is 3.16. The molecule has 0 radical (unpaired) electrons. The fourth-order valence-corrected chi connectivity index (χ4v) is 5.67. The van der Waals surface area contributed by atoms with Crippen LogP contribution >= 0.6 is 7.75 Å². The molecule has 0 amide bonds. The van der Waals surface area contributed by atoms with Crippen molar-refractivity contribution in [1.82, 2.24) is 5.09 Å². The molecule has 0 saturated carbocycles. The maximum Gasteiger partial charge on any atom is 0.458 e. The van der Waals surface area contributed by atoms with E-state index in [2.05, 4.69) is 105 Å². The Morgan fingerprint density at radius 3 is 1.57 bits per heavy atom. The van der Waals surface area contributed by atoms with E-state index in [0.717, 1.165) is 17.5 Å². The maximum atomic E-state index is 13.8. The van der Waals surface area contributed by atoms with Gasteiger partial charge in [-0.1, -0.05) is 99.6 Å². The Kier molecular flexibility index (Phi) is 10.6. The maximum absolute atomic E-state index is 13.8. The van der Waals surface area contributed by atoms with E-state index in [1.54, 1.807) is 0 Å². The summed E-state index contributed by atoms with van der Waals surface area (Å²) in [5.41, 5.74) is 7.45. The molecule has 4 nitrogen and oxygen atoms in total. The number of hydrogen-bond donors (Lipinski definition) is 1. The molecule has 0 fully saturated rings. The molecule has 0 aromatic heterocycles. The van der Waals surface area contributed by atoms with Crippen molar-refractivity contribution in [1.29, 1.82) is 0 Å². The molecule has 0 bridgehead atoms. The summed E-state index contributed by atoms with van der Waals surface area (Å²) in [6, 6.07) is 11.0. The minimum atomic E-state index is -3.56. The van der Waals surface area contributed by atoms with Gasteiger partial charge in [-0.15, -0.1) is 0 Å². The Hall–Kier alpha value is -1.61. The second-order valence-electron chi connectivity index (χ2n) is 11.1. The summed E-state index contributed by atoms with van der Waals surface area (Å²) in [6.07, 6.45) is 0.763. The molecule has 1 N–H and O–H groups in total. The first-order valence-corrected chi connectivity index (χ1v) is 14.7. The molecule has 2 aromatic rings. The van der Waals surface area contributed by atoms with E-state index in [0.29, 0.717) is 30.0 Å². The van der Waals surface area contributed by atoms with E-state index in [1.165, 1.54) is 29.4 Å². The van der Waals surface area contributed by atoms with Gasteiger partial charge in [0.1, 0.15) is 5.75 Å². The van der Waals surface area contributed by atoms with Gasteiger partial charge in [0.2, 0.25) is 0 Å². The van der Waals surface area contributed by atoms with Crippen molar-refractivity contribution in [2.45, 2.75) is 105 Å². The molecule has 35 heavy (non-hydrogen) atoms. The van der Waals surface area contributed by atoms with Crippen molar-refractivity contribution in [3.05, 3.63) is 63.7 Å². The van der Waals surface area contributed by atoms with Crippen molar-refractivity contribution >= 4 is 7.75 Å². The summed E-state index contributed by atoms with van der Waals surface area (Å²) in [7, 11) is -2.10. The smallest absolute Gasteiger partial charge is 0.413 e. The van der Waals surface area contributed by atoms with Crippen LogP contribution in [0.15, 0.2) is 30.3 Å². The third kappa shape index (κ3) is 7.44. The molecule has 0 saturated heterocycles. The molecular formula is C30H48NO3P. The fourth-order valence-electron chi connectivity index (χ4n) is 4.56. The first kappa shape index (κ1) is 29.6. The van der Waals surface area contributed by atoms with Gasteiger partial charge < -0.3 is 4.52 Å². The van der Waals surface area contributed by atoms with Gasteiger partial charge in [0.25, 0.3) is 0 Å². The Morgan fingerprint density at radius 2 is 1.20 bits per heavy atom. The quantitative estimate of drug-likeness (QED) is 0.294. The minimum Gasteiger partial charge on any atom is -0.413 e. The lowest BCUT2D eigenvalue weighted by Crippen LogP contribution is -2.21. The lowest BCUT2D eigenvalue weighted by Gasteiger charge is -2.26. The highest BCUT2D eigenvalue weighted by atomic mass is 31.2. The van der Waals surface area contributed by atoms with E-state index in [-0.39, 0.29) is 11.8 Å². The van der Waals surface area contributed by atoms with Gasteiger partial charge in [0.15, 0.2) is 0 Å². The number of benzene rings is 2. The molecular weight excluding hydrogens is 453 g/mol. The summed E-state index contributed by atoms with van der Waals surface area (Å²) >= 11 is 0. The molecule has 0 heterocycles. The molecule has 0 aliphatic heterocycles. The summed E-state index contributed by atoms with van der Waals surface area (Å²) in [5.74, 6) is 2.42. The zero-order valence-corrected chi connectivity index (χ0v) is 24.8. The van der Waals surface area contributed by atoms with Gasteiger partial charge in [-0.2, -0.15) is 0 Å². The Labute approximate surface area is 214 Å². The number of nitrogens with one attached hydrogen (secondary N) is 1. The SMILES string of the molecule is COP(=O)(NCCc1c(C(C)C)cccc1C(C)C)Oc1c(C(C)C)cc(C(C)C)cc1C(C)C. The molecule has 2 rings (SSSR count). The second-order valence-corrected chi connectivity index (χ2v) is 13.0. The molecule has 1 atom stereocenters. The summed E-state index contributed by atoms with van der Waals surface area (Å²) in [6.45, 7) is 22.4. The van der Waals surface area contributed by atoms with Crippen LogP contribution in [0, 0.1) is 0 Å². The molecule has 0 spiro atoms. The van der Waals surface area contributed by atoms with Crippen molar-refractivity contribution < 1.29 is 13.6 Å². The molecule has 2 aromatic carbocycles. The molecule has 5 heteroatoms. The van der Waals surface area contributed by atoms with Crippen LogP contribution in [0.2, 0.25) is 0 Å². The zero-order chi connectivity index (χ0) is 26.5. The predicted octanol–water partition coefficient (Wildman–Crippen LogP) is 9.27. The Bertz CT molecular complexity index is 969. The average Bonchev–Trinajstić information content (AvgIpc) is 2.78. The van der Waals surface area contributed by atoms with Crippen LogP contribution in [0.25, 0.3) is 0 Å². The largest absolute Gasteiger partial charge is 0.458 e. The number of rotatable bonds is 12. The van der Waals surface area contributed by atoms with Crippen LogP contribution in [0.3, 0.4) is 0 Å². The molecule has 0 aliphatic rings. The van der Waals surface area contributed by atoms with Crippen LogP contribution in [-0.2, 0) is 15.5 Å². The van der Waals surface area contributed by atoms with Gasteiger partial charge >= 0.3 is 7.75 Å². The summed E-state index contributed by atoms with van der Waals surface area (Å²) < 4.78 is 25.6. The average molecular weight is 502 g/mol. The van der Waals surface area contributed by atoms with Crippen molar-refractivity contribution in [3.8, 4) is 5.75 Å². The van der Waals surface area contributed by atoms with Gasteiger partial charge in [0.05, 0.1) is 0 Å². The zero-order valence-electron chi connectivity index (χ0n) is 23.9. The highest BCUT2D eigenvalue weighted by Gasteiger charge is 2.29. The standard InChI is InChI=1S/C30H48NO3P/c1-19(2)24-17-28(22(7)8)30(29(18-24)23(9)10)34-35(32,33-11)31-16-15-27-25(20(3)4)13-12-14-26(27)21(5)6/h12-14,17-23H,15-16H2,1-11H3,(H,31,32). The van der Waals surface area contributed by atoms with E-state index < -0.39 is 7.75 Å². The summed E-state index contributed by atoms with van der Waals surface area (Å²) in [4.78, 5) is 0. The first-order chi connectivity index (χ1) is 16.3. The lowest BCUT2D eigenvalue weighted by atomic mass is 9.87. The Balaban J connectivity index is 2.38. The normalized spacial score (nSPS) is 13.9. The van der Waals surface area contributed by atoms with E-state index in [9.17, 15) is 4.57 Å². The topological polar surface area (TPSA) is 47.6 Å². The van der Waals surface area contributed by atoms with E-state index in [4.69, 9.17) is 9.05 Å². The number of hydrogen-bond acceptors (Lipinski definition) is 3. The predicted molar refractivity (Wildman–Crippen MR) is 150 cm³/mol. The van der Waals surface area contributed by atoms with Crippen molar-refractivity contribution in [2.75, 3.05) is 13.7 Å². The van der Waals surface area contributed by atoms with Crippen LogP contribution in [0.5, 0.6) is 5.75 Å². The molecule has 1 unspecified atom stereocenters. The third-order valence-corrected chi connectivity index (χ3v) is 8.22. The molecule has 0 aliphatic carbocycles. The molecule has 196 valence electrons. The van der Waals surface area contributed by atoms with Crippen LogP contribution < -0.4 is 9.61 Å². The van der Waals surface area contributed by atoms with Crippen LogP contribution in [0.4, 0.5) is 0 Å². The minimum absolute atomic E-state index is 0.234. The third-order valence-electron chi connectivity index (χ3n) is 6.70. The lowest BCUT2D eigenvalue weighted by molar-refractivity contribution is 0.307. The van der Waals surface area contributed by atoms with Crippen molar-refractivity contribution in [3.63, 3.8) is 0 Å². The van der Waals surface area contributed by atoms with Gasteiger partial charge in [-0.05, 0) is 69.4 Å². The van der Waals surface area contributed by atoms with Crippen molar-refractivity contribution in [2.24, 2.45) is 0 Å². The fraction of sp³-hybridized carbons (Fsp3) is 0.600. The van der Waals surface area contributed by atoms with E-state index >= 15 is 0 Å². The second kappa shape index (κ2) is 12.6. The Morgan fingerprint density at radius 1 is 0.743 bits per heavy atom. The van der Waals surface area contributed by atoms with Crippen LogP contribution in [0.1, 0.15) is 132 Å². The monoisotopic (exact) mass is 501 g/mol. The highest BCUT2D eigenvalue weighted by molar-refractivity contribution is 7.52. The van der Waals surface area contributed by atoms with Gasteiger partial charge in [-0.3, -0.25) is 4.52 Å². The first-order valence-electron chi connectivity index (χ1n) is 13.2. The van der Waals surface area contributed by atoms with Gasteiger partial charge in [-0.25, -0.2) is 9.65 Å². The van der Waals surface area contributed by atoms with Gasteiger partial charge in [0, 0.05) is 13.7 Å². The van der Waals surface area contributed by atoms with Crippen LogP contribution in [-0.4, -0.2) is 13.7 Å².